The monoisotopic (exact) mass is 375 g/mol. The summed E-state index contributed by atoms with van der Waals surface area (Å²) in [5.74, 6) is 1.06. The number of benzene rings is 2. The Hall–Kier alpha value is -2.39. The third-order valence-corrected chi connectivity index (χ3v) is 6.46. The first-order valence-corrected chi connectivity index (χ1v) is 10.3. The minimum atomic E-state index is 0.00295. The molecule has 0 aromatic heterocycles. The van der Waals surface area contributed by atoms with Gasteiger partial charge in [-0.3, -0.25) is 4.79 Å². The highest BCUT2D eigenvalue weighted by Crippen LogP contribution is 2.44. The van der Waals surface area contributed by atoms with Gasteiger partial charge in [0, 0.05) is 12.0 Å². The molecule has 1 N–H and O–H groups in total. The molecule has 1 aliphatic heterocycles. The molecule has 1 fully saturated rings. The van der Waals surface area contributed by atoms with E-state index in [9.17, 15) is 4.79 Å². The number of allylic oxidation sites excluding steroid dienone is 1. The van der Waals surface area contributed by atoms with Crippen molar-refractivity contribution in [1.29, 1.82) is 0 Å². The van der Waals surface area contributed by atoms with Gasteiger partial charge in [-0.1, -0.05) is 79.2 Å². The van der Waals surface area contributed by atoms with Crippen LogP contribution in [0.4, 0.5) is 0 Å². The normalized spacial score (nSPS) is 29.1. The topological polar surface area (TPSA) is 38.3 Å². The molecule has 1 heterocycles. The smallest absolute Gasteiger partial charge is 0.224 e. The fourth-order valence-corrected chi connectivity index (χ4v) is 4.93. The Labute approximate surface area is 167 Å². The first-order chi connectivity index (χ1) is 13.6. The molecule has 146 valence electrons. The van der Waals surface area contributed by atoms with Gasteiger partial charge in [0.1, 0.15) is 0 Å². The van der Waals surface area contributed by atoms with Crippen LogP contribution in [0.2, 0.25) is 0 Å². The summed E-state index contributed by atoms with van der Waals surface area (Å²) in [5.41, 5.74) is 3.83. The summed E-state index contributed by atoms with van der Waals surface area (Å²) in [6.45, 7) is 5.65. The molecule has 2 aromatic rings. The van der Waals surface area contributed by atoms with E-state index in [1.807, 2.05) is 24.3 Å². The van der Waals surface area contributed by atoms with Crippen molar-refractivity contribution >= 4 is 5.91 Å². The van der Waals surface area contributed by atoms with Crippen LogP contribution in [0.5, 0.6) is 0 Å². The number of carbonyl (C=O) groups is 1. The number of hydrogen-bond donors (Lipinski definition) is 1. The van der Waals surface area contributed by atoms with E-state index in [0.717, 1.165) is 6.42 Å². The molecule has 2 aliphatic rings. The van der Waals surface area contributed by atoms with Crippen LogP contribution in [0.15, 0.2) is 72.3 Å². The molecule has 1 aliphatic carbocycles. The van der Waals surface area contributed by atoms with Crippen molar-refractivity contribution < 1.29 is 9.53 Å². The van der Waals surface area contributed by atoms with Gasteiger partial charge in [0.2, 0.25) is 5.91 Å². The Balaban J connectivity index is 1.47. The Morgan fingerprint density at radius 1 is 0.964 bits per heavy atom. The standard InChI is InChI=1S/C25H29NO2/c1-17-13-21(16-28-15-20-11-7-4-8-12-20)24-23(18(17)2)22(26-25(24)27)14-19-9-5-3-6-10-19/h3-13,18,21-24H,14-16H2,1-2H3,(H,26,27)/t18-,21-,22+,23+,24+/m1/s1. The number of hydrogen-bond acceptors (Lipinski definition) is 2. The van der Waals surface area contributed by atoms with Gasteiger partial charge >= 0.3 is 0 Å². The van der Waals surface area contributed by atoms with Crippen LogP contribution in [-0.4, -0.2) is 18.6 Å². The van der Waals surface area contributed by atoms with Crippen LogP contribution in [0.3, 0.4) is 0 Å². The highest BCUT2D eigenvalue weighted by Gasteiger charge is 2.50. The zero-order chi connectivity index (χ0) is 19.5. The van der Waals surface area contributed by atoms with Crippen molar-refractivity contribution in [1.82, 2.24) is 5.32 Å². The van der Waals surface area contributed by atoms with Crippen LogP contribution in [-0.2, 0) is 22.6 Å². The van der Waals surface area contributed by atoms with Gasteiger partial charge in [0.05, 0.1) is 19.1 Å². The lowest BCUT2D eigenvalue weighted by atomic mass is 9.67. The Kier molecular flexibility index (Phi) is 5.63. The quantitative estimate of drug-likeness (QED) is 0.761. The van der Waals surface area contributed by atoms with E-state index >= 15 is 0 Å². The van der Waals surface area contributed by atoms with Gasteiger partial charge in [-0.25, -0.2) is 0 Å². The predicted molar refractivity (Wildman–Crippen MR) is 112 cm³/mol. The van der Waals surface area contributed by atoms with Crippen LogP contribution in [0.25, 0.3) is 0 Å². The molecule has 5 atom stereocenters. The second-order valence-electron chi connectivity index (χ2n) is 8.27. The average Bonchev–Trinajstić information content (AvgIpc) is 3.03. The molecule has 0 radical (unpaired) electrons. The maximum absolute atomic E-state index is 12.9. The molecule has 3 nitrogen and oxygen atoms in total. The van der Waals surface area contributed by atoms with E-state index in [1.54, 1.807) is 0 Å². The minimum Gasteiger partial charge on any atom is -0.376 e. The van der Waals surface area contributed by atoms with Gasteiger partial charge in [-0.15, -0.1) is 0 Å². The SMILES string of the molecule is CC1=C[C@H](COCc2ccccc2)[C@@H]2C(=O)N[C@@H](Cc3ccccc3)[C@@H]2[C@@H]1C. The summed E-state index contributed by atoms with van der Waals surface area (Å²) in [6, 6.07) is 20.9. The Morgan fingerprint density at radius 2 is 1.61 bits per heavy atom. The van der Waals surface area contributed by atoms with Gasteiger partial charge in [-0.05, 0) is 36.3 Å². The zero-order valence-electron chi connectivity index (χ0n) is 16.7. The van der Waals surface area contributed by atoms with E-state index in [4.69, 9.17) is 4.74 Å². The average molecular weight is 376 g/mol. The molecule has 0 bridgehead atoms. The predicted octanol–water partition coefficient (Wildman–Crippen LogP) is 4.39. The van der Waals surface area contributed by atoms with Crippen LogP contribution >= 0.6 is 0 Å². The largest absolute Gasteiger partial charge is 0.376 e. The number of carbonyl (C=O) groups excluding carboxylic acids is 1. The van der Waals surface area contributed by atoms with Crippen molar-refractivity contribution in [2.75, 3.05) is 6.61 Å². The second kappa shape index (κ2) is 8.32. The van der Waals surface area contributed by atoms with E-state index in [1.165, 1.54) is 16.7 Å². The summed E-state index contributed by atoms with van der Waals surface area (Å²) in [7, 11) is 0. The lowest BCUT2D eigenvalue weighted by Crippen LogP contribution is -2.38. The van der Waals surface area contributed by atoms with Crippen molar-refractivity contribution in [2.24, 2.45) is 23.7 Å². The third kappa shape index (κ3) is 3.90. The number of amides is 1. The molecule has 0 spiro atoms. The van der Waals surface area contributed by atoms with E-state index in [0.29, 0.717) is 25.0 Å². The van der Waals surface area contributed by atoms with E-state index in [-0.39, 0.29) is 23.8 Å². The highest BCUT2D eigenvalue weighted by molar-refractivity contribution is 5.83. The van der Waals surface area contributed by atoms with Crippen LogP contribution in [0.1, 0.15) is 25.0 Å². The molecule has 1 saturated heterocycles. The van der Waals surface area contributed by atoms with Gasteiger partial charge < -0.3 is 10.1 Å². The Morgan fingerprint density at radius 3 is 2.29 bits per heavy atom. The van der Waals surface area contributed by atoms with Crippen LogP contribution in [0, 0.1) is 23.7 Å². The fourth-order valence-electron chi connectivity index (χ4n) is 4.93. The van der Waals surface area contributed by atoms with Crippen molar-refractivity contribution in [3.8, 4) is 0 Å². The summed E-state index contributed by atoms with van der Waals surface area (Å²) in [5, 5.41) is 3.31. The lowest BCUT2D eigenvalue weighted by Gasteiger charge is -2.37. The molecular formula is C25H29NO2. The van der Waals surface area contributed by atoms with Crippen molar-refractivity contribution in [3.63, 3.8) is 0 Å². The molecule has 28 heavy (non-hydrogen) atoms. The first kappa shape index (κ1) is 18.9. The zero-order valence-corrected chi connectivity index (χ0v) is 16.7. The molecular weight excluding hydrogens is 346 g/mol. The summed E-state index contributed by atoms with van der Waals surface area (Å²) in [4.78, 5) is 12.9. The van der Waals surface area contributed by atoms with Gasteiger partial charge in [-0.2, -0.15) is 0 Å². The van der Waals surface area contributed by atoms with Crippen LogP contribution < -0.4 is 5.32 Å². The maximum Gasteiger partial charge on any atom is 0.224 e. The molecule has 0 saturated carbocycles. The van der Waals surface area contributed by atoms with Crippen molar-refractivity contribution in [3.05, 3.63) is 83.4 Å². The van der Waals surface area contributed by atoms with Gasteiger partial charge in [0.25, 0.3) is 0 Å². The Bertz CT molecular complexity index is 830. The number of fused-ring (bicyclic) bond motifs is 1. The van der Waals surface area contributed by atoms with Gasteiger partial charge in [0.15, 0.2) is 0 Å². The summed E-state index contributed by atoms with van der Waals surface area (Å²) >= 11 is 0. The number of rotatable bonds is 6. The highest BCUT2D eigenvalue weighted by atomic mass is 16.5. The number of ether oxygens (including phenoxy) is 1. The molecule has 3 heteroatoms. The fraction of sp³-hybridized carbons (Fsp3) is 0.400. The second-order valence-corrected chi connectivity index (χ2v) is 8.27. The number of nitrogens with one attached hydrogen (secondary N) is 1. The summed E-state index contributed by atoms with van der Waals surface area (Å²) < 4.78 is 6.03. The molecule has 2 aromatic carbocycles. The van der Waals surface area contributed by atoms with Crippen molar-refractivity contribution in [2.45, 2.75) is 32.9 Å². The molecule has 4 rings (SSSR count). The minimum absolute atomic E-state index is 0.00295. The maximum atomic E-state index is 12.9. The third-order valence-electron chi connectivity index (χ3n) is 6.46. The lowest BCUT2D eigenvalue weighted by molar-refractivity contribution is -0.125. The summed E-state index contributed by atoms with van der Waals surface area (Å²) in [6.07, 6.45) is 3.17. The van der Waals surface area contributed by atoms with E-state index in [2.05, 4.69) is 61.6 Å². The molecule has 1 amide bonds. The molecule has 0 unspecified atom stereocenters. The first-order valence-electron chi connectivity index (χ1n) is 10.3. The van der Waals surface area contributed by atoms with E-state index < -0.39 is 0 Å².